The van der Waals surface area contributed by atoms with Gasteiger partial charge in [-0.25, -0.2) is 0 Å². The molecule has 0 atom stereocenters. The van der Waals surface area contributed by atoms with Crippen LogP contribution in [0.4, 0.5) is 0 Å². The second-order valence-electron chi connectivity index (χ2n) is 2.06. The lowest BCUT2D eigenvalue weighted by atomic mass is 10.2. The smallest absolute Gasteiger partial charge is 0.117 e. The third-order valence-electron chi connectivity index (χ3n) is 0.940. The van der Waals surface area contributed by atoms with Crippen LogP contribution in [-0.4, -0.2) is 16.3 Å². The number of benzene rings is 1. The predicted octanol–water partition coefficient (Wildman–Crippen LogP) is 3.43. The molecule has 0 N–H and O–H groups in total. The van der Waals surface area contributed by atoms with Crippen LogP contribution in [0.2, 0.25) is 5.28 Å². The Morgan fingerprint density at radius 1 is 1.08 bits per heavy atom. The highest BCUT2D eigenvalue weighted by atomic mass is 35.5. The standard InChI is InChI=1S/C7H8.C2H5.Al.2ClH/c1-7-5-3-2-4-6-7;1-2;;;/h2-6H,1H3;1H2,2H3;;2*1H. The number of aryl methyl sites for hydroxylation is 1. The normalized spacial score (nSPS) is 6.50. The van der Waals surface area contributed by atoms with Gasteiger partial charge in [0.1, 0.15) is 16.3 Å². The van der Waals surface area contributed by atoms with Gasteiger partial charge in [0.25, 0.3) is 0 Å². The fourth-order valence-electron chi connectivity index (χ4n) is 0.534. The van der Waals surface area contributed by atoms with Crippen LogP contribution in [0, 0.1) is 6.92 Å². The molecule has 0 fully saturated rings. The zero-order chi connectivity index (χ0) is 7.82. The first-order valence-corrected chi connectivity index (χ1v) is 4.34. The lowest BCUT2D eigenvalue weighted by Crippen LogP contribution is -1.62. The van der Waals surface area contributed by atoms with Gasteiger partial charge in [0, 0.05) is 0 Å². The summed E-state index contributed by atoms with van der Waals surface area (Å²) in [7, 11) is 0. The van der Waals surface area contributed by atoms with E-state index in [1.165, 1.54) is 10.8 Å². The fraction of sp³-hybridized carbons (Fsp3) is 0.333. The Morgan fingerprint density at radius 2 is 1.42 bits per heavy atom. The molecule has 3 heteroatoms. The van der Waals surface area contributed by atoms with Crippen LogP contribution < -0.4 is 0 Å². The molecule has 68 valence electrons. The fourth-order valence-corrected chi connectivity index (χ4v) is 0.534. The molecule has 1 rings (SSSR count). The van der Waals surface area contributed by atoms with Crippen LogP contribution in [0.15, 0.2) is 30.3 Å². The van der Waals surface area contributed by atoms with E-state index >= 15 is 0 Å². The maximum atomic E-state index is 2.58. The van der Waals surface area contributed by atoms with Crippen molar-refractivity contribution in [2.45, 2.75) is 19.1 Å². The van der Waals surface area contributed by atoms with Crippen molar-refractivity contribution in [3.63, 3.8) is 0 Å². The molecule has 0 aliphatic heterocycles. The van der Waals surface area contributed by atoms with E-state index in [-0.39, 0.29) is 24.8 Å². The van der Waals surface area contributed by atoms with Gasteiger partial charge in [0.15, 0.2) is 0 Å². The molecule has 12 heavy (non-hydrogen) atoms. The first kappa shape index (κ1) is 18.2. The minimum absolute atomic E-state index is 0. The molecule has 0 heterocycles. The molecule has 0 aliphatic rings. The van der Waals surface area contributed by atoms with E-state index in [2.05, 4.69) is 42.3 Å². The second-order valence-corrected chi connectivity index (χ2v) is 2.88. The molecule has 1 aromatic rings. The molecule has 0 nitrogen and oxygen atoms in total. The molecule has 0 amide bonds. The Labute approximate surface area is 96.0 Å². The van der Waals surface area contributed by atoms with Gasteiger partial charge in [-0.15, -0.1) is 30.1 Å². The minimum atomic E-state index is 0. The lowest BCUT2D eigenvalue weighted by Gasteiger charge is -1.82. The van der Waals surface area contributed by atoms with E-state index in [1.54, 1.807) is 0 Å². The van der Waals surface area contributed by atoms with E-state index in [1.807, 2.05) is 18.2 Å². The van der Waals surface area contributed by atoms with Gasteiger partial charge in [-0.1, -0.05) is 42.8 Å². The summed E-state index contributed by atoms with van der Waals surface area (Å²) in [5, 5.41) is 1.17. The van der Waals surface area contributed by atoms with Gasteiger partial charge in [0.2, 0.25) is 0 Å². The van der Waals surface area contributed by atoms with E-state index in [4.69, 9.17) is 0 Å². The quantitative estimate of drug-likeness (QED) is 0.588. The van der Waals surface area contributed by atoms with Crippen LogP contribution in [0.3, 0.4) is 0 Å². The Balaban J connectivity index is -0.000000146. The van der Waals surface area contributed by atoms with E-state index in [0.717, 1.165) is 0 Å². The second kappa shape index (κ2) is 13.9. The Bertz CT molecular complexity index is 154. The van der Waals surface area contributed by atoms with Crippen LogP contribution in [0.25, 0.3) is 0 Å². The summed E-state index contributed by atoms with van der Waals surface area (Å²) in [5.74, 6) is 0. The van der Waals surface area contributed by atoms with Gasteiger partial charge >= 0.3 is 0 Å². The Morgan fingerprint density at radius 3 is 1.58 bits per heavy atom. The van der Waals surface area contributed by atoms with Crippen molar-refractivity contribution in [1.82, 2.24) is 0 Å². The monoisotopic (exact) mass is 220 g/mol. The summed E-state index contributed by atoms with van der Waals surface area (Å²) in [6, 6.07) is 10.3. The zero-order valence-corrected chi connectivity index (χ0v) is 10.3. The molecule has 0 bridgehead atoms. The zero-order valence-electron chi connectivity index (χ0n) is 7.49. The summed E-state index contributed by atoms with van der Waals surface area (Å²) in [6.07, 6.45) is 0. The molecular weight excluding hydrogens is 206 g/mol. The van der Waals surface area contributed by atoms with Crippen LogP contribution >= 0.6 is 24.8 Å². The molecule has 0 saturated heterocycles. The van der Waals surface area contributed by atoms with E-state index < -0.39 is 0 Å². The first-order chi connectivity index (χ1) is 4.81. The molecule has 0 spiro atoms. The summed E-state index contributed by atoms with van der Waals surface area (Å²) < 4.78 is 0. The Hall–Kier alpha value is 0.332. The molecule has 0 aromatic heterocycles. The summed E-state index contributed by atoms with van der Waals surface area (Å²) in [6.45, 7) is 4.17. The number of hydrogen-bond acceptors (Lipinski definition) is 0. The van der Waals surface area contributed by atoms with Gasteiger partial charge in [-0.2, -0.15) is 0 Å². The minimum Gasteiger partial charge on any atom is -0.147 e. The van der Waals surface area contributed by atoms with Crippen molar-refractivity contribution in [1.29, 1.82) is 0 Å². The van der Waals surface area contributed by atoms with Crippen molar-refractivity contribution >= 4 is 41.1 Å². The predicted molar refractivity (Wildman–Crippen MR) is 61.9 cm³/mol. The van der Waals surface area contributed by atoms with Crippen molar-refractivity contribution in [2.75, 3.05) is 0 Å². The lowest BCUT2D eigenvalue weighted by molar-refractivity contribution is 1.48. The molecular formula is C9H15AlCl2. The third-order valence-corrected chi connectivity index (χ3v) is 0.940. The molecule has 0 unspecified atom stereocenters. The maximum Gasteiger partial charge on any atom is 0.117 e. The third kappa shape index (κ3) is 13.0. The van der Waals surface area contributed by atoms with Crippen LogP contribution in [0.1, 0.15) is 12.5 Å². The van der Waals surface area contributed by atoms with Crippen LogP contribution in [-0.2, 0) is 0 Å². The van der Waals surface area contributed by atoms with Crippen molar-refractivity contribution < 1.29 is 0 Å². The molecule has 1 aromatic carbocycles. The highest BCUT2D eigenvalue weighted by molar-refractivity contribution is 6.08. The SMILES string of the molecule is C[CH2][Al].Cc1ccccc1.Cl.Cl. The van der Waals surface area contributed by atoms with Crippen molar-refractivity contribution in [3.05, 3.63) is 35.9 Å². The summed E-state index contributed by atoms with van der Waals surface area (Å²) in [5.41, 5.74) is 1.32. The van der Waals surface area contributed by atoms with Crippen LogP contribution in [0.5, 0.6) is 0 Å². The van der Waals surface area contributed by atoms with E-state index in [9.17, 15) is 0 Å². The van der Waals surface area contributed by atoms with Gasteiger partial charge < -0.3 is 0 Å². The average Bonchev–Trinajstić information content (AvgIpc) is 1.91. The average molecular weight is 221 g/mol. The Kier molecular flexibility index (Phi) is 21.1. The highest BCUT2D eigenvalue weighted by Crippen LogP contribution is 1.92. The summed E-state index contributed by atoms with van der Waals surface area (Å²) >= 11 is 2.58. The van der Waals surface area contributed by atoms with Crippen molar-refractivity contribution in [2.24, 2.45) is 0 Å². The van der Waals surface area contributed by atoms with Gasteiger partial charge in [0.05, 0.1) is 0 Å². The van der Waals surface area contributed by atoms with Crippen molar-refractivity contribution in [3.8, 4) is 0 Å². The summed E-state index contributed by atoms with van der Waals surface area (Å²) in [4.78, 5) is 0. The largest absolute Gasteiger partial charge is 0.147 e. The van der Waals surface area contributed by atoms with E-state index in [0.29, 0.717) is 0 Å². The number of rotatable bonds is 0. The topological polar surface area (TPSA) is 0 Å². The van der Waals surface area contributed by atoms with Gasteiger partial charge in [-0.05, 0) is 6.92 Å². The molecule has 2 radical (unpaired) electrons. The number of hydrogen-bond donors (Lipinski definition) is 0. The van der Waals surface area contributed by atoms with Gasteiger partial charge in [-0.3, -0.25) is 0 Å². The number of halogens is 2. The molecule has 0 aliphatic carbocycles. The molecule has 0 saturated carbocycles. The highest BCUT2D eigenvalue weighted by Gasteiger charge is 1.72. The first-order valence-electron chi connectivity index (χ1n) is 3.53. The maximum absolute atomic E-state index is 2.58.